The molecule has 0 spiro atoms. The van der Waals surface area contributed by atoms with Crippen LogP contribution in [-0.2, 0) is 4.79 Å². The molecular formula is C11H22N2O. The lowest BCUT2D eigenvalue weighted by atomic mass is 10.1. The second kappa shape index (κ2) is 8.75. The first-order valence-corrected chi connectivity index (χ1v) is 5.40. The Morgan fingerprint density at radius 1 is 1.43 bits per heavy atom. The summed E-state index contributed by atoms with van der Waals surface area (Å²) in [7, 11) is 0. The Bertz CT molecular complexity index is 169. The summed E-state index contributed by atoms with van der Waals surface area (Å²) >= 11 is 0. The molecule has 3 nitrogen and oxygen atoms in total. The van der Waals surface area contributed by atoms with E-state index in [4.69, 9.17) is 0 Å². The highest BCUT2D eigenvalue weighted by atomic mass is 16.1. The van der Waals surface area contributed by atoms with Crippen LogP contribution in [0.1, 0.15) is 39.5 Å². The highest BCUT2D eigenvalue weighted by Crippen LogP contribution is 2.01. The van der Waals surface area contributed by atoms with Crippen molar-refractivity contribution in [2.45, 2.75) is 45.7 Å². The second-order valence-corrected chi connectivity index (χ2v) is 3.32. The van der Waals surface area contributed by atoms with Gasteiger partial charge in [-0.2, -0.15) is 0 Å². The Kier molecular flexibility index (Phi) is 8.24. The molecule has 0 heterocycles. The van der Waals surface area contributed by atoms with Gasteiger partial charge in [-0.3, -0.25) is 10.1 Å². The summed E-state index contributed by atoms with van der Waals surface area (Å²) in [6, 6.07) is 0. The molecule has 0 fully saturated rings. The van der Waals surface area contributed by atoms with Crippen LogP contribution in [-0.4, -0.2) is 18.6 Å². The van der Waals surface area contributed by atoms with E-state index in [0.29, 0.717) is 0 Å². The van der Waals surface area contributed by atoms with E-state index >= 15 is 0 Å². The lowest BCUT2D eigenvalue weighted by Crippen LogP contribution is -2.44. The molecule has 1 amide bonds. The summed E-state index contributed by atoms with van der Waals surface area (Å²) in [6.45, 7) is 8.51. The number of hydrogen-bond acceptors (Lipinski definition) is 2. The van der Waals surface area contributed by atoms with Crippen molar-refractivity contribution in [1.82, 2.24) is 10.6 Å². The first kappa shape index (κ1) is 13.2. The van der Waals surface area contributed by atoms with Crippen LogP contribution in [0, 0.1) is 0 Å². The quantitative estimate of drug-likeness (QED) is 0.355. The van der Waals surface area contributed by atoms with Gasteiger partial charge in [0, 0.05) is 0 Å². The van der Waals surface area contributed by atoms with E-state index < -0.39 is 0 Å². The van der Waals surface area contributed by atoms with Gasteiger partial charge in [0.2, 0.25) is 5.91 Å². The van der Waals surface area contributed by atoms with E-state index in [1.165, 1.54) is 18.9 Å². The third kappa shape index (κ3) is 6.66. The van der Waals surface area contributed by atoms with Crippen molar-refractivity contribution >= 4 is 5.91 Å². The Morgan fingerprint density at radius 2 is 2.14 bits per heavy atom. The molecule has 0 radical (unpaired) electrons. The van der Waals surface area contributed by atoms with Crippen molar-refractivity contribution < 1.29 is 4.79 Å². The minimum absolute atomic E-state index is 0.0945. The molecule has 1 atom stereocenters. The fourth-order valence-electron chi connectivity index (χ4n) is 1.30. The SMILES string of the molecule is C=CC(=O)NC(CCCCC)NCC. The first-order chi connectivity index (χ1) is 6.74. The lowest BCUT2D eigenvalue weighted by molar-refractivity contribution is -0.117. The van der Waals surface area contributed by atoms with Crippen LogP contribution in [0.3, 0.4) is 0 Å². The van der Waals surface area contributed by atoms with E-state index in [0.717, 1.165) is 19.4 Å². The molecule has 3 heteroatoms. The monoisotopic (exact) mass is 198 g/mol. The number of unbranched alkanes of at least 4 members (excludes halogenated alkanes) is 2. The number of amides is 1. The minimum atomic E-state index is -0.104. The normalized spacial score (nSPS) is 12.1. The van der Waals surface area contributed by atoms with E-state index in [2.05, 4.69) is 24.1 Å². The van der Waals surface area contributed by atoms with Crippen molar-refractivity contribution in [3.63, 3.8) is 0 Å². The summed E-state index contributed by atoms with van der Waals surface area (Å²) in [5, 5.41) is 6.09. The molecule has 0 aliphatic rings. The molecule has 0 bridgehead atoms. The highest BCUT2D eigenvalue weighted by Gasteiger charge is 2.07. The van der Waals surface area contributed by atoms with Crippen molar-refractivity contribution in [2.75, 3.05) is 6.54 Å². The predicted octanol–water partition coefficient (Wildman–Crippen LogP) is 1.80. The predicted molar refractivity (Wildman–Crippen MR) is 59.9 cm³/mol. The Morgan fingerprint density at radius 3 is 2.64 bits per heavy atom. The molecular weight excluding hydrogens is 176 g/mol. The van der Waals surface area contributed by atoms with E-state index in [1.54, 1.807) is 0 Å². The molecule has 0 saturated heterocycles. The summed E-state index contributed by atoms with van der Waals surface area (Å²) in [5.41, 5.74) is 0. The van der Waals surface area contributed by atoms with Crippen LogP contribution in [0.4, 0.5) is 0 Å². The molecule has 0 aliphatic heterocycles. The number of hydrogen-bond donors (Lipinski definition) is 2. The average Bonchev–Trinajstić information content (AvgIpc) is 2.18. The number of nitrogens with one attached hydrogen (secondary N) is 2. The topological polar surface area (TPSA) is 41.1 Å². The summed E-state index contributed by atoms with van der Waals surface area (Å²) in [4.78, 5) is 11.1. The van der Waals surface area contributed by atoms with Gasteiger partial charge in [-0.1, -0.05) is 39.7 Å². The largest absolute Gasteiger partial charge is 0.337 e. The maximum absolute atomic E-state index is 11.1. The van der Waals surface area contributed by atoms with Crippen molar-refractivity contribution in [3.8, 4) is 0 Å². The number of carbonyl (C=O) groups excluding carboxylic acids is 1. The Labute approximate surface area is 87.0 Å². The van der Waals surface area contributed by atoms with Crippen LogP contribution in [0.5, 0.6) is 0 Å². The van der Waals surface area contributed by atoms with Crippen LogP contribution in [0.15, 0.2) is 12.7 Å². The van der Waals surface area contributed by atoms with Crippen LogP contribution in [0.2, 0.25) is 0 Å². The zero-order valence-electron chi connectivity index (χ0n) is 9.31. The maximum Gasteiger partial charge on any atom is 0.244 e. The van der Waals surface area contributed by atoms with Crippen molar-refractivity contribution in [2.24, 2.45) is 0 Å². The van der Waals surface area contributed by atoms with Gasteiger partial charge >= 0.3 is 0 Å². The zero-order chi connectivity index (χ0) is 10.8. The first-order valence-electron chi connectivity index (χ1n) is 5.40. The van der Waals surface area contributed by atoms with E-state index in [1.807, 2.05) is 6.92 Å². The fourth-order valence-corrected chi connectivity index (χ4v) is 1.30. The van der Waals surface area contributed by atoms with Crippen molar-refractivity contribution in [3.05, 3.63) is 12.7 Å². The molecule has 14 heavy (non-hydrogen) atoms. The van der Waals surface area contributed by atoms with Gasteiger partial charge < -0.3 is 5.32 Å². The van der Waals surface area contributed by atoms with Gasteiger partial charge in [0.1, 0.15) is 0 Å². The molecule has 0 aliphatic carbocycles. The summed E-state index contributed by atoms with van der Waals surface area (Å²) < 4.78 is 0. The van der Waals surface area contributed by atoms with E-state index in [-0.39, 0.29) is 12.1 Å². The maximum atomic E-state index is 11.1. The molecule has 0 aromatic rings. The van der Waals surface area contributed by atoms with Gasteiger partial charge in [0.05, 0.1) is 6.17 Å². The molecule has 0 rings (SSSR count). The van der Waals surface area contributed by atoms with Gasteiger partial charge in [-0.25, -0.2) is 0 Å². The standard InChI is InChI=1S/C11H22N2O/c1-4-7-8-9-10(12-6-3)13-11(14)5-2/h5,10,12H,2,4,6-9H2,1,3H3,(H,13,14). The second-order valence-electron chi connectivity index (χ2n) is 3.32. The smallest absolute Gasteiger partial charge is 0.244 e. The molecule has 2 N–H and O–H groups in total. The van der Waals surface area contributed by atoms with Gasteiger partial charge in [-0.05, 0) is 19.0 Å². The summed E-state index contributed by atoms with van der Waals surface area (Å²) in [6.07, 6.45) is 5.95. The number of carbonyl (C=O) groups is 1. The van der Waals surface area contributed by atoms with Crippen LogP contribution in [0.25, 0.3) is 0 Å². The summed E-state index contributed by atoms with van der Waals surface area (Å²) in [5.74, 6) is -0.104. The Hall–Kier alpha value is -0.830. The molecule has 0 aromatic carbocycles. The van der Waals surface area contributed by atoms with Crippen LogP contribution >= 0.6 is 0 Å². The molecule has 0 aromatic heterocycles. The van der Waals surface area contributed by atoms with E-state index in [9.17, 15) is 4.79 Å². The Balaban J connectivity index is 3.76. The van der Waals surface area contributed by atoms with Gasteiger partial charge in [0.15, 0.2) is 0 Å². The zero-order valence-corrected chi connectivity index (χ0v) is 9.31. The molecule has 82 valence electrons. The van der Waals surface area contributed by atoms with Crippen LogP contribution < -0.4 is 10.6 Å². The third-order valence-corrected chi connectivity index (χ3v) is 2.05. The lowest BCUT2D eigenvalue weighted by Gasteiger charge is -2.18. The van der Waals surface area contributed by atoms with Crippen molar-refractivity contribution in [1.29, 1.82) is 0 Å². The number of rotatable bonds is 8. The molecule has 1 unspecified atom stereocenters. The minimum Gasteiger partial charge on any atom is -0.337 e. The fraction of sp³-hybridized carbons (Fsp3) is 0.727. The average molecular weight is 198 g/mol. The highest BCUT2D eigenvalue weighted by molar-refractivity contribution is 5.87. The van der Waals surface area contributed by atoms with Gasteiger partial charge in [-0.15, -0.1) is 0 Å². The van der Waals surface area contributed by atoms with Gasteiger partial charge in [0.25, 0.3) is 0 Å². The third-order valence-electron chi connectivity index (χ3n) is 2.05. The molecule has 0 saturated carbocycles.